The predicted molar refractivity (Wildman–Crippen MR) is 26.3 cm³/mol. The molecule has 4 heteroatoms. The van der Waals surface area contributed by atoms with Crippen molar-refractivity contribution in [3.8, 4) is 0 Å². The summed E-state index contributed by atoms with van der Waals surface area (Å²) in [5, 5.41) is 2.38. The quantitative estimate of drug-likeness (QED) is 0.285. The number of carbonyl (C=O) groups is 1. The molecule has 4 nitrogen and oxygen atoms in total. The molecule has 0 rings (SSSR count). The zero-order chi connectivity index (χ0) is 5.70. The summed E-state index contributed by atoms with van der Waals surface area (Å²) < 4.78 is 0. The van der Waals surface area contributed by atoms with E-state index in [0.29, 0.717) is 0 Å². The third-order valence-corrected chi connectivity index (χ3v) is 0.541. The van der Waals surface area contributed by atoms with Crippen LogP contribution in [0, 0.1) is 0 Å². The summed E-state index contributed by atoms with van der Waals surface area (Å²) in [6, 6.07) is 0. The maximum atomic E-state index is 10.2. The Morgan fingerprint density at radius 1 is 1.86 bits per heavy atom. The lowest BCUT2D eigenvalue weighted by Crippen LogP contribution is -2.35. The topological polar surface area (TPSA) is 67.2 Å². The number of carbonyl (C=O) groups excluding carboxylic acids is 1. The minimum Gasteiger partial charge on any atom is -0.358 e. The van der Waals surface area contributed by atoms with Gasteiger partial charge in [0.2, 0.25) is 5.91 Å². The summed E-state index contributed by atoms with van der Waals surface area (Å²) >= 11 is 0. The first-order chi connectivity index (χ1) is 3.31. The molecule has 0 atom stereocenters. The normalized spacial score (nSPS) is 8.29. The van der Waals surface area contributed by atoms with E-state index in [1.807, 2.05) is 0 Å². The first kappa shape index (κ1) is 6.39. The van der Waals surface area contributed by atoms with E-state index in [-0.39, 0.29) is 12.5 Å². The molecule has 0 aromatic rings. The number of amides is 1. The van der Waals surface area contributed by atoms with E-state index in [0.717, 1.165) is 0 Å². The van der Waals surface area contributed by atoms with Crippen molar-refractivity contribution in [2.24, 2.45) is 5.84 Å². The third-order valence-electron chi connectivity index (χ3n) is 0.541. The van der Waals surface area contributed by atoms with Crippen LogP contribution in [0.25, 0.3) is 0 Å². The van der Waals surface area contributed by atoms with Gasteiger partial charge < -0.3 is 5.32 Å². The van der Waals surface area contributed by atoms with E-state index in [9.17, 15) is 4.79 Å². The fourth-order valence-corrected chi connectivity index (χ4v) is 0.181. The molecule has 4 N–H and O–H groups in total. The second-order valence-corrected chi connectivity index (χ2v) is 1.05. The number of likely N-dealkylation sites (N-methyl/N-ethyl adjacent to an activating group) is 1. The summed E-state index contributed by atoms with van der Waals surface area (Å²) in [5.41, 5.74) is 2.21. The number of hydrogen-bond donors (Lipinski definition) is 3. The van der Waals surface area contributed by atoms with Crippen molar-refractivity contribution in [2.75, 3.05) is 13.6 Å². The van der Waals surface area contributed by atoms with Crippen LogP contribution in [0.5, 0.6) is 0 Å². The first-order valence-corrected chi connectivity index (χ1v) is 1.95. The standard InChI is InChI=1S/C3H9N3O/c1-5-3(7)2-6-4/h6H,2,4H2,1H3,(H,5,7). The van der Waals surface area contributed by atoms with Crippen LogP contribution in [-0.2, 0) is 4.79 Å². The molecule has 1 amide bonds. The van der Waals surface area contributed by atoms with Gasteiger partial charge in [-0.05, 0) is 0 Å². The van der Waals surface area contributed by atoms with Gasteiger partial charge in [-0.3, -0.25) is 16.1 Å². The molecule has 0 heterocycles. The fraction of sp³-hybridized carbons (Fsp3) is 0.667. The Morgan fingerprint density at radius 3 is 2.57 bits per heavy atom. The lowest BCUT2D eigenvalue weighted by atomic mass is 10.6. The molecule has 7 heavy (non-hydrogen) atoms. The summed E-state index contributed by atoms with van der Waals surface area (Å²) in [7, 11) is 1.56. The monoisotopic (exact) mass is 103 g/mol. The highest BCUT2D eigenvalue weighted by Gasteiger charge is 1.89. The fourth-order valence-electron chi connectivity index (χ4n) is 0.181. The molecular formula is C3H9N3O. The second kappa shape index (κ2) is 3.58. The van der Waals surface area contributed by atoms with Crippen LogP contribution in [0.4, 0.5) is 0 Å². The molecule has 0 saturated heterocycles. The lowest BCUT2D eigenvalue weighted by Gasteiger charge is -1.93. The van der Waals surface area contributed by atoms with Gasteiger partial charge in [-0.2, -0.15) is 0 Å². The van der Waals surface area contributed by atoms with Crippen molar-refractivity contribution in [3.05, 3.63) is 0 Å². The molecular weight excluding hydrogens is 94.1 g/mol. The minimum absolute atomic E-state index is 0.109. The van der Waals surface area contributed by atoms with Crippen LogP contribution >= 0.6 is 0 Å². The molecule has 0 aliphatic carbocycles. The van der Waals surface area contributed by atoms with Gasteiger partial charge in [0.15, 0.2) is 0 Å². The van der Waals surface area contributed by atoms with Crippen LogP contribution in [0.3, 0.4) is 0 Å². The number of rotatable bonds is 2. The van der Waals surface area contributed by atoms with Crippen molar-refractivity contribution in [1.82, 2.24) is 10.7 Å². The Balaban J connectivity index is 3.00. The highest BCUT2D eigenvalue weighted by Crippen LogP contribution is 1.51. The van der Waals surface area contributed by atoms with E-state index in [4.69, 9.17) is 5.84 Å². The molecule has 42 valence electrons. The van der Waals surface area contributed by atoms with Crippen molar-refractivity contribution in [2.45, 2.75) is 0 Å². The van der Waals surface area contributed by atoms with Crippen LogP contribution in [0.2, 0.25) is 0 Å². The van der Waals surface area contributed by atoms with Gasteiger partial charge >= 0.3 is 0 Å². The van der Waals surface area contributed by atoms with E-state index >= 15 is 0 Å². The SMILES string of the molecule is CNC(=O)CNN. The van der Waals surface area contributed by atoms with Crippen LogP contribution in [0.1, 0.15) is 0 Å². The van der Waals surface area contributed by atoms with Crippen LogP contribution in [-0.4, -0.2) is 19.5 Å². The number of hydrazine groups is 1. The van der Waals surface area contributed by atoms with Gasteiger partial charge in [0.25, 0.3) is 0 Å². The zero-order valence-electron chi connectivity index (χ0n) is 4.19. The van der Waals surface area contributed by atoms with Gasteiger partial charge in [-0.15, -0.1) is 0 Å². The van der Waals surface area contributed by atoms with Crippen molar-refractivity contribution in [3.63, 3.8) is 0 Å². The van der Waals surface area contributed by atoms with Crippen molar-refractivity contribution >= 4 is 5.91 Å². The van der Waals surface area contributed by atoms with E-state index < -0.39 is 0 Å². The molecule has 0 aliphatic rings. The summed E-state index contributed by atoms with van der Waals surface area (Å²) in [5.74, 6) is 4.69. The second-order valence-electron chi connectivity index (χ2n) is 1.05. The van der Waals surface area contributed by atoms with Crippen molar-refractivity contribution < 1.29 is 4.79 Å². The number of hydrogen-bond acceptors (Lipinski definition) is 3. The molecule has 0 radical (unpaired) electrons. The lowest BCUT2D eigenvalue weighted by molar-refractivity contribution is -0.119. The maximum Gasteiger partial charge on any atom is 0.235 e. The Morgan fingerprint density at radius 2 is 2.43 bits per heavy atom. The predicted octanol–water partition coefficient (Wildman–Crippen LogP) is -1.80. The minimum atomic E-state index is -0.109. The number of nitrogens with two attached hydrogens (primary N) is 1. The molecule has 0 bridgehead atoms. The molecule has 0 fully saturated rings. The molecule has 0 aromatic carbocycles. The largest absolute Gasteiger partial charge is 0.358 e. The zero-order valence-corrected chi connectivity index (χ0v) is 4.19. The summed E-state index contributed by atoms with van der Waals surface area (Å²) in [6.45, 7) is 0.177. The highest BCUT2D eigenvalue weighted by molar-refractivity contribution is 5.77. The van der Waals surface area contributed by atoms with E-state index in [2.05, 4.69) is 10.7 Å². The molecule has 0 unspecified atom stereocenters. The van der Waals surface area contributed by atoms with Gasteiger partial charge in [0.05, 0.1) is 6.54 Å². The average molecular weight is 103 g/mol. The van der Waals surface area contributed by atoms with Crippen molar-refractivity contribution in [1.29, 1.82) is 0 Å². The Labute approximate surface area is 42.0 Å². The van der Waals surface area contributed by atoms with Gasteiger partial charge in [0, 0.05) is 7.05 Å². The van der Waals surface area contributed by atoms with Crippen LogP contribution in [0.15, 0.2) is 0 Å². The van der Waals surface area contributed by atoms with Gasteiger partial charge in [0.1, 0.15) is 0 Å². The highest BCUT2D eigenvalue weighted by atomic mass is 16.1. The first-order valence-electron chi connectivity index (χ1n) is 1.95. The maximum absolute atomic E-state index is 10.2. The third kappa shape index (κ3) is 3.21. The average Bonchev–Trinajstić information content (AvgIpc) is 1.68. The molecule has 0 saturated carbocycles. The van der Waals surface area contributed by atoms with Gasteiger partial charge in [-0.25, -0.2) is 0 Å². The summed E-state index contributed by atoms with van der Waals surface area (Å²) in [4.78, 5) is 10.2. The van der Waals surface area contributed by atoms with Crippen LogP contribution < -0.4 is 16.6 Å². The van der Waals surface area contributed by atoms with E-state index in [1.54, 1.807) is 7.05 Å². The van der Waals surface area contributed by atoms with Gasteiger partial charge in [-0.1, -0.05) is 0 Å². The number of nitrogens with one attached hydrogen (secondary N) is 2. The Kier molecular flexibility index (Phi) is 3.26. The summed E-state index contributed by atoms with van der Waals surface area (Å²) in [6.07, 6.45) is 0. The molecule has 0 spiro atoms. The molecule has 0 aliphatic heterocycles. The molecule has 0 aromatic heterocycles. The van der Waals surface area contributed by atoms with E-state index in [1.165, 1.54) is 0 Å². The Bertz CT molecular complexity index is 63.2. The smallest absolute Gasteiger partial charge is 0.235 e. The Hall–Kier alpha value is -0.610.